The van der Waals surface area contributed by atoms with Gasteiger partial charge in [0.05, 0.1) is 18.1 Å². The molecule has 5 heteroatoms. The van der Waals surface area contributed by atoms with Crippen molar-refractivity contribution in [3.8, 4) is 0 Å². The third-order valence-electron chi connectivity index (χ3n) is 5.05. The number of aliphatic hydroxyl groups is 1. The number of carbonyl (C=O) groups is 2. The first-order valence-corrected chi connectivity index (χ1v) is 6.94. The molecule has 2 unspecified atom stereocenters. The number of nitrogens with zero attached hydrogens (tertiary/aromatic N) is 1. The smallest absolute Gasteiger partial charge is 0.251 e. The van der Waals surface area contributed by atoms with Crippen LogP contribution in [0.15, 0.2) is 12.2 Å². The van der Waals surface area contributed by atoms with Gasteiger partial charge in [-0.15, -0.1) is 0 Å². The Labute approximate surface area is 112 Å². The summed E-state index contributed by atoms with van der Waals surface area (Å²) in [6, 6.07) is -0.261. The second-order valence-corrected chi connectivity index (χ2v) is 5.93. The van der Waals surface area contributed by atoms with Gasteiger partial charge in [0.25, 0.3) is 5.91 Å². The highest BCUT2D eigenvalue weighted by Gasteiger charge is 2.71. The van der Waals surface area contributed by atoms with Crippen molar-refractivity contribution < 1.29 is 14.7 Å². The second kappa shape index (κ2) is 4.07. The van der Waals surface area contributed by atoms with E-state index in [0.717, 1.165) is 19.3 Å². The van der Waals surface area contributed by atoms with E-state index in [1.54, 1.807) is 7.05 Å². The predicted molar refractivity (Wildman–Crippen MR) is 69.1 cm³/mol. The van der Waals surface area contributed by atoms with Crippen LogP contribution in [0.3, 0.4) is 0 Å². The molecule has 0 aromatic carbocycles. The summed E-state index contributed by atoms with van der Waals surface area (Å²) in [5.74, 6) is -0.584. The van der Waals surface area contributed by atoms with E-state index in [0.29, 0.717) is 0 Å². The standard InChI is InChI=1S/C14H20N2O3/c1-8-10-14(13(19)15-10,16(2)12(8)18)11(17)9-6-4-3-5-7-9/h4,6,8-11,17H,3,5,7H2,1-2H3,(H,15,19)/t8?,9?,10-,11-,14-/m0/s1. The van der Waals surface area contributed by atoms with Crippen LogP contribution < -0.4 is 5.32 Å². The van der Waals surface area contributed by atoms with Crippen LogP contribution >= 0.6 is 0 Å². The zero-order valence-corrected chi connectivity index (χ0v) is 11.3. The van der Waals surface area contributed by atoms with Gasteiger partial charge in [0.1, 0.15) is 0 Å². The van der Waals surface area contributed by atoms with Crippen LogP contribution in [0.1, 0.15) is 26.2 Å². The molecule has 0 bridgehead atoms. The van der Waals surface area contributed by atoms with E-state index >= 15 is 0 Å². The first-order chi connectivity index (χ1) is 9.01. The molecule has 3 rings (SSSR count). The van der Waals surface area contributed by atoms with Crippen LogP contribution in [0.25, 0.3) is 0 Å². The number of carbonyl (C=O) groups excluding carboxylic acids is 2. The molecular formula is C14H20N2O3. The summed E-state index contributed by atoms with van der Waals surface area (Å²) in [7, 11) is 1.63. The molecule has 2 heterocycles. The minimum absolute atomic E-state index is 0.0390. The van der Waals surface area contributed by atoms with Crippen molar-refractivity contribution in [2.75, 3.05) is 7.05 Å². The molecule has 0 aromatic heterocycles. The van der Waals surface area contributed by atoms with E-state index < -0.39 is 11.6 Å². The quantitative estimate of drug-likeness (QED) is 0.547. The Kier molecular flexibility index (Phi) is 2.71. The number of likely N-dealkylation sites (N-methyl/N-ethyl adjacent to an activating group) is 1. The topological polar surface area (TPSA) is 69.6 Å². The van der Waals surface area contributed by atoms with Crippen LogP contribution in [0, 0.1) is 11.8 Å². The number of likely N-dealkylation sites (tertiary alicyclic amines) is 1. The Balaban J connectivity index is 1.96. The Morgan fingerprint density at radius 1 is 1.53 bits per heavy atom. The van der Waals surface area contributed by atoms with Gasteiger partial charge in [-0.3, -0.25) is 9.59 Å². The molecule has 5 atom stereocenters. The van der Waals surface area contributed by atoms with Gasteiger partial charge in [-0.25, -0.2) is 0 Å². The lowest BCUT2D eigenvalue weighted by molar-refractivity contribution is -0.162. The molecule has 2 saturated heterocycles. The highest BCUT2D eigenvalue weighted by Crippen LogP contribution is 2.45. The van der Waals surface area contributed by atoms with Crippen molar-refractivity contribution >= 4 is 11.8 Å². The van der Waals surface area contributed by atoms with Gasteiger partial charge in [-0.05, 0) is 19.3 Å². The maximum Gasteiger partial charge on any atom is 0.251 e. The number of amides is 2. The van der Waals surface area contributed by atoms with E-state index in [2.05, 4.69) is 11.4 Å². The lowest BCUT2D eigenvalue weighted by Crippen LogP contribution is -2.80. The van der Waals surface area contributed by atoms with E-state index in [1.807, 2.05) is 13.0 Å². The molecule has 3 aliphatic rings. The zero-order chi connectivity index (χ0) is 13.8. The molecule has 2 amide bonds. The average Bonchev–Trinajstić information content (AvgIpc) is 2.57. The molecule has 104 valence electrons. The van der Waals surface area contributed by atoms with Crippen molar-refractivity contribution in [2.24, 2.45) is 11.8 Å². The minimum atomic E-state index is -1.05. The van der Waals surface area contributed by atoms with Crippen LogP contribution in [0.4, 0.5) is 0 Å². The molecule has 5 nitrogen and oxygen atoms in total. The first-order valence-electron chi connectivity index (χ1n) is 6.94. The van der Waals surface area contributed by atoms with Gasteiger partial charge in [0, 0.05) is 13.0 Å². The van der Waals surface area contributed by atoms with E-state index in [-0.39, 0.29) is 29.7 Å². The largest absolute Gasteiger partial charge is 0.389 e. The van der Waals surface area contributed by atoms with Gasteiger partial charge in [0.2, 0.25) is 5.91 Å². The SMILES string of the molecule is CC1C(=O)N(C)[C@@]2([C@@H](O)C3C=CCCC3)C(=O)N[C@@H]12. The van der Waals surface area contributed by atoms with E-state index in [4.69, 9.17) is 0 Å². The minimum Gasteiger partial charge on any atom is -0.389 e. The fraction of sp³-hybridized carbons (Fsp3) is 0.714. The highest BCUT2D eigenvalue weighted by atomic mass is 16.3. The number of nitrogens with one attached hydrogen (secondary N) is 1. The van der Waals surface area contributed by atoms with Gasteiger partial charge >= 0.3 is 0 Å². The van der Waals surface area contributed by atoms with Crippen LogP contribution in [0.5, 0.6) is 0 Å². The van der Waals surface area contributed by atoms with Gasteiger partial charge in [-0.1, -0.05) is 19.1 Å². The summed E-state index contributed by atoms with van der Waals surface area (Å²) >= 11 is 0. The number of rotatable bonds is 2. The molecule has 0 radical (unpaired) electrons. The number of fused-ring (bicyclic) bond motifs is 1. The normalized spacial score (nSPS) is 42.7. The summed E-state index contributed by atoms with van der Waals surface area (Å²) < 4.78 is 0. The molecular weight excluding hydrogens is 244 g/mol. The van der Waals surface area contributed by atoms with Gasteiger partial charge in [-0.2, -0.15) is 0 Å². The molecule has 2 aliphatic heterocycles. The summed E-state index contributed by atoms with van der Waals surface area (Å²) in [4.78, 5) is 25.7. The van der Waals surface area contributed by atoms with Crippen molar-refractivity contribution in [3.05, 3.63) is 12.2 Å². The number of allylic oxidation sites excluding steroid dienone is 1. The lowest BCUT2D eigenvalue weighted by atomic mass is 9.69. The molecule has 0 saturated carbocycles. The molecule has 0 aromatic rings. The van der Waals surface area contributed by atoms with Crippen molar-refractivity contribution in [1.29, 1.82) is 0 Å². The van der Waals surface area contributed by atoms with Crippen molar-refractivity contribution in [1.82, 2.24) is 10.2 Å². The number of aliphatic hydroxyl groups excluding tert-OH is 1. The molecule has 2 fully saturated rings. The highest BCUT2D eigenvalue weighted by molar-refractivity contribution is 6.04. The first kappa shape index (κ1) is 12.7. The molecule has 2 N–H and O–H groups in total. The van der Waals surface area contributed by atoms with Crippen molar-refractivity contribution in [2.45, 2.75) is 43.9 Å². The van der Waals surface area contributed by atoms with E-state index in [1.165, 1.54) is 4.90 Å². The second-order valence-electron chi connectivity index (χ2n) is 5.93. The number of hydrogen-bond acceptors (Lipinski definition) is 3. The third kappa shape index (κ3) is 1.39. The maximum atomic E-state index is 12.1. The number of β-lactam (4-membered cyclic amide) rings is 1. The molecule has 1 aliphatic carbocycles. The van der Waals surface area contributed by atoms with Gasteiger partial charge in [0.15, 0.2) is 5.54 Å². The zero-order valence-electron chi connectivity index (χ0n) is 11.3. The molecule has 0 spiro atoms. The monoisotopic (exact) mass is 264 g/mol. The summed E-state index contributed by atoms with van der Waals surface area (Å²) in [5, 5.41) is 13.5. The summed E-state index contributed by atoms with van der Waals surface area (Å²) in [6.07, 6.45) is 6.15. The average molecular weight is 264 g/mol. The van der Waals surface area contributed by atoms with Crippen LogP contribution in [0.2, 0.25) is 0 Å². The Morgan fingerprint density at radius 3 is 2.79 bits per heavy atom. The Morgan fingerprint density at radius 2 is 2.26 bits per heavy atom. The fourth-order valence-electron chi connectivity index (χ4n) is 3.87. The van der Waals surface area contributed by atoms with Crippen LogP contribution in [-0.2, 0) is 9.59 Å². The van der Waals surface area contributed by atoms with E-state index in [9.17, 15) is 14.7 Å². The van der Waals surface area contributed by atoms with Crippen molar-refractivity contribution in [3.63, 3.8) is 0 Å². The Hall–Kier alpha value is -1.36. The Bertz CT molecular complexity index is 462. The fourth-order valence-corrected chi connectivity index (χ4v) is 3.87. The predicted octanol–water partition coefficient (Wildman–Crippen LogP) is 0.0489. The third-order valence-corrected chi connectivity index (χ3v) is 5.05. The lowest BCUT2D eigenvalue weighted by Gasteiger charge is -2.52. The maximum absolute atomic E-state index is 12.1. The summed E-state index contributed by atoms with van der Waals surface area (Å²) in [6.45, 7) is 1.81. The van der Waals surface area contributed by atoms with Crippen LogP contribution in [-0.4, -0.2) is 46.6 Å². The molecule has 19 heavy (non-hydrogen) atoms. The summed E-state index contributed by atoms with van der Waals surface area (Å²) in [5.41, 5.74) is -1.05. The van der Waals surface area contributed by atoms with Gasteiger partial charge < -0.3 is 15.3 Å². The number of hydrogen-bond donors (Lipinski definition) is 2.